The maximum absolute atomic E-state index is 5.71. The lowest BCUT2D eigenvalue weighted by molar-refractivity contribution is 0.0820. The second-order valence-electron chi connectivity index (χ2n) is 5.02. The van der Waals surface area contributed by atoms with Gasteiger partial charge in [-0.3, -0.25) is 0 Å². The highest BCUT2D eigenvalue weighted by Gasteiger charge is 2.20. The van der Waals surface area contributed by atoms with E-state index >= 15 is 0 Å². The molecule has 1 unspecified atom stereocenters. The zero-order chi connectivity index (χ0) is 13.8. The third-order valence-electron chi connectivity index (χ3n) is 3.47. The van der Waals surface area contributed by atoms with Crippen LogP contribution in [0.2, 0.25) is 0 Å². The van der Waals surface area contributed by atoms with Crippen LogP contribution in [0.1, 0.15) is 31.7 Å². The van der Waals surface area contributed by atoms with Crippen LogP contribution in [-0.4, -0.2) is 42.8 Å². The lowest BCUT2D eigenvalue weighted by atomic mass is 10.2. The Labute approximate surface area is 115 Å². The van der Waals surface area contributed by atoms with Gasteiger partial charge in [-0.2, -0.15) is 0 Å². The predicted molar refractivity (Wildman–Crippen MR) is 77.9 cm³/mol. The first-order valence-electron chi connectivity index (χ1n) is 7.07. The van der Waals surface area contributed by atoms with Gasteiger partial charge in [0.15, 0.2) is 0 Å². The van der Waals surface area contributed by atoms with Crippen LogP contribution in [0.3, 0.4) is 0 Å². The molecule has 0 amide bonds. The quantitative estimate of drug-likeness (QED) is 0.905. The molecule has 5 nitrogen and oxygen atoms in total. The van der Waals surface area contributed by atoms with Crippen LogP contribution >= 0.6 is 0 Å². The number of ether oxygens (including phenoxy) is 1. The molecule has 1 aliphatic rings. The molecule has 0 spiro atoms. The van der Waals surface area contributed by atoms with Crippen LogP contribution in [0, 0.1) is 6.92 Å². The van der Waals surface area contributed by atoms with Gasteiger partial charge < -0.3 is 15.0 Å². The maximum atomic E-state index is 5.71. The van der Waals surface area contributed by atoms with Gasteiger partial charge in [0.05, 0.1) is 6.10 Å². The summed E-state index contributed by atoms with van der Waals surface area (Å²) >= 11 is 0. The topological polar surface area (TPSA) is 50.3 Å². The molecule has 0 aromatic carbocycles. The van der Waals surface area contributed by atoms with Crippen molar-refractivity contribution in [2.45, 2.75) is 39.7 Å². The van der Waals surface area contributed by atoms with Crippen molar-refractivity contribution < 1.29 is 4.74 Å². The van der Waals surface area contributed by atoms with Crippen LogP contribution in [0.4, 0.5) is 11.6 Å². The summed E-state index contributed by atoms with van der Waals surface area (Å²) in [6, 6.07) is 0. The molecule has 0 aliphatic carbocycles. The Morgan fingerprint density at radius 1 is 1.42 bits per heavy atom. The highest BCUT2D eigenvalue weighted by atomic mass is 16.5. The fraction of sp³-hybridized carbons (Fsp3) is 0.714. The van der Waals surface area contributed by atoms with Crippen LogP contribution in [0.15, 0.2) is 0 Å². The second kappa shape index (κ2) is 6.19. The first-order chi connectivity index (χ1) is 9.15. The zero-order valence-electron chi connectivity index (χ0n) is 12.4. The SMILES string of the molecule is CCc1nc(NC)c(C)c(N2CCCOC(C)C2)n1. The number of hydrogen-bond donors (Lipinski definition) is 1. The molecule has 1 atom stereocenters. The normalized spacial score (nSPS) is 20.2. The van der Waals surface area contributed by atoms with Gasteiger partial charge in [-0.1, -0.05) is 6.92 Å². The van der Waals surface area contributed by atoms with Crippen LogP contribution in [0.5, 0.6) is 0 Å². The average molecular weight is 264 g/mol. The fourth-order valence-corrected chi connectivity index (χ4v) is 2.45. The molecule has 106 valence electrons. The van der Waals surface area contributed by atoms with Crippen molar-refractivity contribution in [3.63, 3.8) is 0 Å². The van der Waals surface area contributed by atoms with E-state index in [-0.39, 0.29) is 6.10 Å². The molecule has 2 heterocycles. The minimum Gasteiger partial charge on any atom is -0.377 e. The molecule has 1 fully saturated rings. The summed E-state index contributed by atoms with van der Waals surface area (Å²) in [4.78, 5) is 11.6. The molecular weight excluding hydrogens is 240 g/mol. The summed E-state index contributed by atoms with van der Waals surface area (Å²) in [6.07, 6.45) is 2.14. The molecule has 5 heteroatoms. The van der Waals surface area contributed by atoms with Crippen molar-refractivity contribution >= 4 is 11.6 Å². The van der Waals surface area contributed by atoms with Gasteiger partial charge in [0.25, 0.3) is 0 Å². The smallest absolute Gasteiger partial charge is 0.137 e. The Hall–Kier alpha value is -1.36. The Morgan fingerprint density at radius 3 is 2.89 bits per heavy atom. The lowest BCUT2D eigenvalue weighted by Gasteiger charge is -2.26. The molecular formula is C14H24N4O. The van der Waals surface area contributed by atoms with E-state index in [2.05, 4.69) is 36.0 Å². The van der Waals surface area contributed by atoms with Gasteiger partial charge in [0.2, 0.25) is 0 Å². The highest BCUT2D eigenvalue weighted by Crippen LogP contribution is 2.25. The van der Waals surface area contributed by atoms with Gasteiger partial charge in [-0.15, -0.1) is 0 Å². The Kier molecular flexibility index (Phi) is 4.58. The Balaban J connectivity index is 2.36. The van der Waals surface area contributed by atoms with Gasteiger partial charge in [0, 0.05) is 38.7 Å². The minimum absolute atomic E-state index is 0.250. The van der Waals surface area contributed by atoms with E-state index in [1.165, 1.54) is 0 Å². The van der Waals surface area contributed by atoms with E-state index in [4.69, 9.17) is 9.72 Å². The molecule has 0 saturated carbocycles. The van der Waals surface area contributed by atoms with Crippen LogP contribution in [-0.2, 0) is 11.2 Å². The summed E-state index contributed by atoms with van der Waals surface area (Å²) in [5.41, 5.74) is 1.12. The van der Waals surface area contributed by atoms with Gasteiger partial charge >= 0.3 is 0 Å². The number of nitrogens with zero attached hydrogens (tertiary/aromatic N) is 3. The first-order valence-corrected chi connectivity index (χ1v) is 7.07. The van der Waals surface area contributed by atoms with Crippen LogP contribution < -0.4 is 10.2 Å². The first kappa shape index (κ1) is 14.1. The second-order valence-corrected chi connectivity index (χ2v) is 5.02. The van der Waals surface area contributed by atoms with Crippen molar-refractivity contribution in [3.05, 3.63) is 11.4 Å². The summed E-state index contributed by atoms with van der Waals surface area (Å²) in [5, 5.41) is 3.17. The molecule has 0 bridgehead atoms. The summed E-state index contributed by atoms with van der Waals surface area (Å²) < 4.78 is 5.71. The molecule has 0 radical (unpaired) electrons. The maximum Gasteiger partial charge on any atom is 0.137 e. The van der Waals surface area contributed by atoms with E-state index in [1.54, 1.807) is 0 Å². The van der Waals surface area contributed by atoms with Crippen molar-refractivity contribution in [1.82, 2.24) is 9.97 Å². The zero-order valence-corrected chi connectivity index (χ0v) is 12.4. The molecule has 1 N–H and O–H groups in total. The Morgan fingerprint density at radius 2 is 2.21 bits per heavy atom. The molecule has 1 aromatic rings. The highest BCUT2D eigenvalue weighted by molar-refractivity contribution is 5.58. The largest absolute Gasteiger partial charge is 0.377 e. The van der Waals surface area contributed by atoms with E-state index < -0.39 is 0 Å². The average Bonchev–Trinajstić information content (AvgIpc) is 2.63. The van der Waals surface area contributed by atoms with Crippen molar-refractivity contribution in [2.24, 2.45) is 0 Å². The van der Waals surface area contributed by atoms with E-state index in [0.29, 0.717) is 0 Å². The number of hydrogen-bond acceptors (Lipinski definition) is 5. The number of aromatic nitrogens is 2. The van der Waals surface area contributed by atoms with Gasteiger partial charge in [-0.05, 0) is 20.3 Å². The van der Waals surface area contributed by atoms with Crippen molar-refractivity contribution in [2.75, 3.05) is 37.0 Å². The van der Waals surface area contributed by atoms with Crippen molar-refractivity contribution in [3.8, 4) is 0 Å². The van der Waals surface area contributed by atoms with Crippen LogP contribution in [0.25, 0.3) is 0 Å². The molecule has 2 rings (SSSR count). The summed E-state index contributed by atoms with van der Waals surface area (Å²) in [6.45, 7) is 9.01. The van der Waals surface area contributed by atoms with E-state index in [0.717, 1.165) is 55.6 Å². The number of aryl methyl sites for hydroxylation is 1. The third-order valence-corrected chi connectivity index (χ3v) is 3.47. The Bertz CT molecular complexity index is 436. The van der Waals surface area contributed by atoms with Gasteiger partial charge in [-0.25, -0.2) is 9.97 Å². The number of anilines is 2. The molecule has 1 saturated heterocycles. The van der Waals surface area contributed by atoms with Gasteiger partial charge in [0.1, 0.15) is 17.5 Å². The molecule has 1 aromatic heterocycles. The van der Waals surface area contributed by atoms with Crippen molar-refractivity contribution in [1.29, 1.82) is 0 Å². The van der Waals surface area contributed by atoms with E-state index in [9.17, 15) is 0 Å². The standard InChI is InChI=1S/C14H24N4O/c1-5-12-16-13(15-4)11(3)14(17-12)18-7-6-8-19-10(2)9-18/h10H,5-9H2,1-4H3,(H,15,16,17). The summed E-state index contributed by atoms with van der Waals surface area (Å²) in [7, 11) is 1.91. The number of rotatable bonds is 3. The monoisotopic (exact) mass is 264 g/mol. The van der Waals surface area contributed by atoms with E-state index in [1.807, 2.05) is 7.05 Å². The fourth-order valence-electron chi connectivity index (χ4n) is 2.45. The molecule has 19 heavy (non-hydrogen) atoms. The lowest BCUT2D eigenvalue weighted by Crippen LogP contribution is -2.32. The molecule has 1 aliphatic heterocycles. The predicted octanol–water partition coefficient (Wildman–Crippen LogP) is 2.00. The minimum atomic E-state index is 0.250. The third kappa shape index (κ3) is 3.15. The number of nitrogens with one attached hydrogen (secondary N) is 1. The summed E-state index contributed by atoms with van der Waals surface area (Å²) in [5.74, 6) is 2.87.